The molecule has 0 aromatic heterocycles. The van der Waals surface area contributed by atoms with E-state index in [4.69, 9.17) is 0 Å². The van der Waals surface area contributed by atoms with Gasteiger partial charge < -0.3 is 5.11 Å². The van der Waals surface area contributed by atoms with Gasteiger partial charge in [0.2, 0.25) is 0 Å². The predicted molar refractivity (Wildman–Crippen MR) is 67.6 cm³/mol. The van der Waals surface area contributed by atoms with Gasteiger partial charge in [-0.1, -0.05) is 31.0 Å². The van der Waals surface area contributed by atoms with E-state index < -0.39 is 5.60 Å². The molecule has 2 atom stereocenters. The van der Waals surface area contributed by atoms with Crippen molar-refractivity contribution < 1.29 is 5.11 Å². The van der Waals surface area contributed by atoms with Crippen LogP contribution >= 0.6 is 0 Å². The second kappa shape index (κ2) is 3.89. The Bertz CT molecular complexity index is 385. The Morgan fingerprint density at radius 3 is 2.31 bits per heavy atom. The van der Waals surface area contributed by atoms with Crippen molar-refractivity contribution in [3.8, 4) is 0 Å². The van der Waals surface area contributed by atoms with E-state index in [2.05, 4.69) is 39.8 Å². The van der Waals surface area contributed by atoms with Crippen LogP contribution in [0.2, 0.25) is 0 Å². The summed E-state index contributed by atoms with van der Waals surface area (Å²) in [4.78, 5) is 0. The lowest BCUT2D eigenvalue weighted by Crippen LogP contribution is -2.13. The van der Waals surface area contributed by atoms with Gasteiger partial charge in [-0.2, -0.15) is 0 Å². The van der Waals surface area contributed by atoms with Gasteiger partial charge in [0, 0.05) is 0 Å². The largest absolute Gasteiger partial charge is 0.385 e. The fourth-order valence-electron chi connectivity index (χ4n) is 3.18. The smallest absolute Gasteiger partial charge is 0.0934 e. The van der Waals surface area contributed by atoms with Crippen molar-refractivity contribution in [1.82, 2.24) is 0 Å². The minimum Gasteiger partial charge on any atom is -0.385 e. The molecule has 1 saturated carbocycles. The molecular weight excluding hydrogens is 196 g/mol. The van der Waals surface area contributed by atoms with E-state index in [-0.39, 0.29) is 0 Å². The molecule has 1 aliphatic rings. The third-order valence-electron chi connectivity index (χ3n) is 3.82. The van der Waals surface area contributed by atoms with Crippen LogP contribution in [0.3, 0.4) is 0 Å². The first-order chi connectivity index (χ1) is 7.49. The summed E-state index contributed by atoms with van der Waals surface area (Å²) < 4.78 is 0. The van der Waals surface area contributed by atoms with Gasteiger partial charge in [0.05, 0.1) is 5.60 Å². The number of rotatable bonds is 3. The second-order valence-corrected chi connectivity index (χ2v) is 5.39. The third-order valence-corrected chi connectivity index (χ3v) is 3.82. The van der Waals surface area contributed by atoms with E-state index >= 15 is 0 Å². The first kappa shape index (κ1) is 11.7. The SMILES string of the molecule is CCCC1CC1(O)c1c(C)cc(C)cc1C. The molecule has 16 heavy (non-hydrogen) atoms. The Kier molecular flexibility index (Phi) is 2.83. The number of aryl methyl sites for hydroxylation is 3. The average molecular weight is 218 g/mol. The lowest BCUT2D eigenvalue weighted by atomic mass is 9.92. The van der Waals surface area contributed by atoms with E-state index in [0.29, 0.717) is 5.92 Å². The Morgan fingerprint density at radius 2 is 1.81 bits per heavy atom. The molecule has 2 unspecified atom stereocenters. The standard InChI is InChI=1S/C15H22O/c1-5-6-13-9-15(13,16)14-11(3)7-10(2)8-12(14)4/h7-8,13,16H,5-6,9H2,1-4H3. The topological polar surface area (TPSA) is 20.2 Å². The average Bonchev–Trinajstić information content (AvgIpc) is 2.75. The summed E-state index contributed by atoms with van der Waals surface area (Å²) in [7, 11) is 0. The molecule has 0 bridgehead atoms. The van der Waals surface area contributed by atoms with E-state index in [0.717, 1.165) is 19.3 Å². The summed E-state index contributed by atoms with van der Waals surface area (Å²) in [6, 6.07) is 4.36. The van der Waals surface area contributed by atoms with E-state index in [1.54, 1.807) is 0 Å². The molecule has 1 fully saturated rings. The van der Waals surface area contributed by atoms with Crippen LogP contribution < -0.4 is 0 Å². The van der Waals surface area contributed by atoms with Gasteiger partial charge in [-0.3, -0.25) is 0 Å². The van der Waals surface area contributed by atoms with Crippen molar-refractivity contribution in [3.63, 3.8) is 0 Å². The van der Waals surface area contributed by atoms with Gasteiger partial charge in [0.1, 0.15) is 0 Å². The van der Waals surface area contributed by atoms with Crippen molar-refractivity contribution in [2.45, 2.75) is 52.6 Å². The molecule has 0 heterocycles. The number of hydrogen-bond acceptors (Lipinski definition) is 1. The van der Waals surface area contributed by atoms with Crippen LogP contribution in [0.4, 0.5) is 0 Å². The van der Waals surface area contributed by atoms with Gasteiger partial charge in [-0.25, -0.2) is 0 Å². The lowest BCUT2D eigenvalue weighted by Gasteiger charge is -2.18. The minimum absolute atomic E-state index is 0.484. The van der Waals surface area contributed by atoms with Crippen LogP contribution in [-0.2, 0) is 5.60 Å². The van der Waals surface area contributed by atoms with Crippen LogP contribution in [0, 0.1) is 26.7 Å². The fraction of sp³-hybridized carbons (Fsp3) is 0.600. The molecule has 1 heteroatoms. The Hall–Kier alpha value is -0.820. The van der Waals surface area contributed by atoms with Gasteiger partial charge >= 0.3 is 0 Å². The van der Waals surface area contributed by atoms with Gasteiger partial charge in [0.15, 0.2) is 0 Å². The van der Waals surface area contributed by atoms with Crippen molar-refractivity contribution in [2.24, 2.45) is 5.92 Å². The summed E-state index contributed by atoms with van der Waals surface area (Å²) in [5.41, 5.74) is 4.46. The summed E-state index contributed by atoms with van der Waals surface area (Å²) in [5, 5.41) is 10.6. The highest BCUT2D eigenvalue weighted by molar-refractivity contribution is 5.44. The van der Waals surface area contributed by atoms with Crippen molar-refractivity contribution >= 4 is 0 Å². The molecule has 88 valence electrons. The fourth-order valence-corrected chi connectivity index (χ4v) is 3.18. The maximum atomic E-state index is 10.6. The maximum Gasteiger partial charge on any atom is 0.0934 e. The zero-order chi connectivity index (χ0) is 11.9. The lowest BCUT2D eigenvalue weighted by molar-refractivity contribution is 0.127. The monoisotopic (exact) mass is 218 g/mol. The van der Waals surface area contributed by atoms with Crippen LogP contribution in [-0.4, -0.2) is 5.11 Å². The van der Waals surface area contributed by atoms with Crippen LogP contribution in [0.15, 0.2) is 12.1 Å². The molecule has 1 aliphatic carbocycles. The quantitative estimate of drug-likeness (QED) is 0.821. The van der Waals surface area contributed by atoms with Crippen molar-refractivity contribution in [2.75, 3.05) is 0 Å². The summed E-state index contributed by atoms with van der Waals surface area (Å²) in [6.07, 6.45) is 3.26. The Balaban J connectivity index is 2.35. The summed E-state index contributed by atoms with van der Waals surface area (Å²) in [5.74, 6) is 0.484. The number of aliphatic hydroxyl groups is 1. The normalized spacial score (nSPS) is 28.2. The molecule has 1 aromatic rings. The predicted octanol–water partition coefficient (Wildman–Crippen LogP) is 3.62. The third kappa shape index (κ3) is 1.78. The van der Waals surface area contributed by atoms with Crippen LogP contribution in [0.5, 0.6) is 0 Å². The van der Waals surface area contributed by atoms with E-state index in [1.807, 2.05) is 0 Å². The van der Waals surface area contributed by atoms with Crippen LogP contribution in [0.25, 0.3) is 0 Å². The molecule has 1 nitrogen and oxygen atoms in total. The van der Waals surface area contributed by atoms with E-state index in [9.17, 15) is 5.11 Å². The molecule has 0 aliphatic heterocycles. The molecule has 1 aromatic carbocycles. The molecule has 0 spiro atoms. The van der Waals surface area contributed by atoms with Crippen LogP contribution in [0.1, 0.15) is 48.4 Å². The second-order valence-electron chi connectivity index (χ2n) is 5.39. The number of hydrogen-bond donors (Lipinski definition) is 1. The maximum absolute atomic E-state index is 10.6. The molecule has 2 rings (SSSR count). The Labute approximate surface area is 98.5 Å². The van der Waals surface area contributed by atoms with Gasteiger partial charge in [-0.15, -0.1) is 0 Å². The Morgan fingerprint density at radius 1 is 1.25 bits per heavy atom. The molecule has 0 radical (unpaired) electrons. The first-order valence-electron chi connectivity index (χ1n) is 6.29. The zero-order valence-corrected chi connectivity index (χ0v) is 10.8. The number of benzene rings is 1. The van der Waals surface area contributed by atoms with Crippen molar-refractivity contribution in [1.29, 1.82) is 0 Å². The molecular formula is C15H22O. The highest BCUT2D eigenvalue weighted by atomic mass is 16.3. The van der Waals surface area contributed by atoms with E-state index in [1.165, 1.54) is 22.3 Å². The van der Waals surface area contributed by atoms with Gasteiger partial charge in [0.25, 0.3) is 0 Å². The molecule has 1 N–H and O–H groups in total. The molecule has 0 amide bonds. The first-order valence-corrected chi connectivity index (χ1v) is 6.29. The minimum atomic E-state index is -0.516. The highest BCUT2D eigenvalue weighted by Gasteiger charge is 2.54. The summed E-state index contributed by atoms with van der Waals surface area (Å²) in [6.45, 7) is 8.54. The summed E-state index contributed by atoms with van der Waals surface area (Å²) >= 11 is 0. The highest BCUT2D eigenvalue weighted by Crippen LogP contribution is 2.55. The van der Waals surface area contributed by atoms with Crippen molar-refractivity contribution in [3.05, 3.63) is 34.4 Å². The molecule has 0 saturated heterocycles. The van der Waals surface area contributed by atoms with Gasteiger partial charge in [-0.05, 0) is 56.2 Å². The zero-order valence-electron chi connectivity index (χ0n) is 10.8.